The zero-order valence-corrected chi connectivity index (χ0v) is 18.3. The number of carbonyl (C=O) groups excluding carboxylic acids is 2. The lowest BCUT2D eigenvalue weighted by molar-refractivity contribution is -0.126. The SMILES string of the molecule is COCCN1C(=O)c2ccccc2C(C(=O)NCCCc2ccccc2)C12CCCC2. The number of carbonyl (C=O) groups is 2. The lowest BCUT2D eigenvalue weighted by Gasteiger charge is -2.50. The van der Waals surface area contributed by atoms with Crippen LogP contribution in [0.3, 0.4) is 0 Å². The van der Waals surface area contributed by atoms with Gasteiger partial charge in [-0.25, -0.2) is 0 Å². The molecule has 0 saturated heterocycles. The summed E-state index contributed by atoms with van der Waals surface area (Å²) >= 11 is 0. The summed E-state index contributed by atoms with van der Waals surface area (Å²) in [5, 5.41) is 3.20. The molecule has 1 unspecified atom stereocenters. The number of nitrogens with zero attached hydrogens (tertiary/aromatic N) is 1. The molecule has 0 radical (unpaired) electrons. The molecule has 1 aliphatic carbocycles. The van der Waals surface area contributed by atoms with Gasteiger partial charge in [-0.3, -0.25) is 9.59 Å². The molecule has 1 atom stereocenters. The monoisotopic (exact) mass is 420 g/mol. The molecule has 2 amide bonds. The summed E-state index contributed by atoms with van der Waals surface area (Å²) in [7, 11) is 1.65. The van der Waals surface area contributed by atoms with Crippen molar-refractivity contribution in [1.82, 2.24) is 10.2 Å². The Balaban J connectivity index is 1.56. The molecule has 0 aromatic heterocycles. The van der Waals surface area contributed by atoms with Crippen molar-refractivity contribution in [2.45, 2.75) is 50.0 Å². The first-order valence-electron chi connectivity index (χ1n) is 11.4. The van der Waals surface area contributed by atoms with Crippen molar-refractivity contribution in [2.24, 2.45) is 0 Å². The van der Waals surface area contributed by atoms with Crippen LogP contribution in [0.15, 0.2) is 54.6 Å². The Morgan fingerprint density at radius 2 is 1.81 bits per heavy atom. The molecular formula is C26H32N2O3. The molecule has 0 bridgehead atoms. The molecule has 2 aliphatic rings. The number of nitrogens with one attached hydrogen (secondary N) is 1. The summed E-state index contributed by atoms with van der Waals surface area (Å²) in [6.45, 7) is 1.62. The van der Waals surface area contributed by atoms with E-state index >= 15 is 0 Å². The maximum Gasteiger partial charge on any atom is 0.254 e. The van der Waals surface area contributed by atoms with E-state index in [2.05, 4.69) is 17.4 Å². The fourth-order valence-electron chi connectivity index (χ4n) is 5.43. The van der Waals surface area contributed by atoms with Gasteiger partial charge < -0.3 is 15.0 Å². The van der Waals surface area contributed by atoms with E-state index in [9.17, 15) is 9.59 Å². The molecule has 164 valence electrons. The van der Waals surface area contributed by atoms with Crippen LogP contribution in [0, 0.1) is 0 Å². The highest BCUT2D eigenvalue weighted by Gasteiger charge is 2.55. The highest BCUT2D eigenvalue weighted by Crippen LogP contribution is 2.50. The molecule has 1 spiro atoms. The minimum Gasteiger partial charge on any atom is -0.383 e. The molecule has 1 heterocycles. The number of methoxy groups -OCH3 is 1. The van der Waals surface area contributed by atoms with Crippen LogP contribution >= 0.6 is 0 Å². The first kappa shape index (κ1) is 21.6. The predicted octanol–water partition coefficient (Wildman–Crippen LogP) is 3.93. The van der Waals surface area contributed by atoms with Gasteiger partial charge in [-0.1, -0.05) is 61.4 Å². The van der Waals surface area contributed by atoms with Gasteiger partial charge in [-0.15, -0.1) is 0 Å². The van der Waals surface area contributed by atoms with Crippen molar-refractivity contribution in [3.8, 4) is 0 Å². The third-order valence-electron chi connectivity index (χ3n) is 6.86. The second kappa shape index (κ2) is 9.65. The van der Waals surface area contributed by atoms with Crippen molar-refractivity contribution >= 4 is 11.8 Å². The average Bonchev–Trinajstić information content (AvgIpc) is 3.27. The zero-order valence-electron chi connectivity index (χ0n) is 18.3. The van der Waals surface area contributed by atoms with Crippen molar-refractivity contribution in [3.05, 3.63) is 71.3 Å². The number of amides is 2. The summed E-state index contributed by atoms with van der Waals surface area (Å²) in [5.74, 6) is -0.266. The first-order valence-corrected chi connectivity index (χ1v) is 11.4. The second-order valence-corrected chi connectivity index (χ2v) is 8.66. The highest BCUT2D eigenvalue weighted by molar-refractivity contribution is 6.02. The van der Waals surface area contributed by atoms with Crippen molar-refractivity contribution in [2.75, 3.05) is 26.8 Å². The number of aryl methyl sites for hydroxylation is 1. The van der Waals surface area contributed by atoms with Crippen molar-refractivity contribution in [1.29, 1.82) is 0 Å². The Morgan fingerprint density at radius 3 is 2.55 bits per heavy atom. The molecule has 1 saturated carbocycles. The summed E-state index contributed by atoms with van der Waals surface area (Å²) < 4.78 is 5.31. The van der Waals surface area contributed by atoms with Crippen molar-refractivity contribution < 1.29 is 14.3 Å². The van der Waals surface area contributed by atoms with Crippen LogP contribution in [0.1, 0.15) is 59.5 Å². The maximum atomic E-state index is 13.6. The van der Waals surface area contributed by atoms with Gasteiger partial charge in [0.1, 0.15) is 0 Å². The normalized spacial score (nSPS) is 19.5. The van der Waals surface area contributed by atoms with E-state index in [0.29, 0.717) is 25.3 Å². The number of hydrogen-bond acceptors (Lipinski definition) is 3. The molecule has 5 heteroatoms. The predicted molar refractivity (Wildman–Crippen MR) is 121 cm³/mol. The van der Waals surface area contributed by atoms with Gasteiger partial charge in [-0.2, -0.15) is 0 Å². The summed E-state index contributed by atoms with van der Waals surface area (Å²) in [6, 6.07) is 18.0. The third kappa shape index (κ3) is 4.24. The van der Waals surface area contributed by atoms with E-state index in [-0.39, 0.29) is 17.7 Å². The van der Waals surface area contributed by atoms with E-state index in [1.165, 1.54) is 5.56 Å². The highest BCUT2D eigenvalue weighted by atomic mass is 16.5. The van der Waals surface area contributed by atoms with Crippen LogP contribution in [0.2, 0.25) is 0 Å². The Hall–Kier alpha value is -2.66. The number of fused-ring (bicyclic) bond motifs is 1. The number of ether oxygens (including phenoxy) is 1. The lowest BCUT2D eigenvalue weighted by atomic mass is 9.71. The van der Waals surface area contributed by atoms with Crippen LogP contribution in [-0.2, 0) is 16.0 Å². The van der Waals surface area contributed by atoms with E-state index in [1.807, 2.05) is 47.4 Å². The minimum atomic E-state index is -0.451. The minimum absolute atomic E-state index is 0.0303. The van der Waals surface area contributed by atoms with Crippen LogP contribution in [0.25, 0.3) is 0 Å². The van der Waals surface area contributed by atoms with Crippen molar-refractivity contribution in [3.63, 3.8) is 0 Å². The smallest absolute Gasteiger partial charge is 0.254 e. The topological polar surface area (TPSA) is 58.6 Å². The van der Waals surface area contributed by atoms with Gasteiger partial charge in [0, 0.05) is 25.8 Å². The quantitative estimate of drug-likeness (QED) is 0.658. The van der Waals surface area contributed by atoms with Gasteiger partial charge >= 0.3 is 0 Å². The number of rotatable bonds is 8. The Kier molecular flexibility index (Phi) is 6.71. The largest absolute Gasteiger partial charge is 0.383 e. The molecule has 31 heavy (non-hydrogen) atoms. The molecule has 2 aromatic carbocycles. The number of hydrogen-bond donors (Lipinski definition) is 1. The van der Waals surface area contributed by atoms with Gasteiger partial charge in [-0.05, 0) is 42.9 Å². The molecule has 5 nitrogen and oxygen atoms in total. The van der Waals surface area contributed by atoms with Gasteiger partial charge in [0.15, 0.2) is 0 Å². The molecule has 4 rings (SSSR count). The first-order chi connectivity index (χ1) is 15.2. The Morgan fingerprint density at radius 1 is 1.10 bits per heavy atom. The summed E-state index contributed by atoms with van der Waals surface area (Å²) in [5.41, 5.74) is 2.36. The summed E-state index contributed by atoms with van der Waals surface area (Å²) in [4.78, 5) is 28.9. The molecule has 2 aromatic rings. The molecule has 1 fully saturated rings. The van der Waals surface area contributed by atoms with Gasteiger partial charge in [0.2, 0.25) is 5.91 Å². The van der Waals surface area contributed by atoms with Crippen LogP contribution < -0.4 is 5.32 Å². The molecule has 1 aliphatic heterocycles. The Labute approximate surface area is 184 Å². The zero-order chi connectivity index (χ0) is 21.7. The molecular weight excluding hydrogens is 388 g/mol. The van der Waals surface area contributed by atoms with E-state index in [4.69, 9.17) is 4.74 Å². The Bertz CT molecular complexity index is 906. The van der Waals surface area contributed by atoms with Crippen LogP contribution in [-0.4, -0.2) is 49.1 Å². The van der Waals surface area contributed by atoms with E-state index in [1.54, 1.807) is 7.11 Å². The summed E-state index contributed by atoms with van der Waals surface area (Å²) in [6.07, 6.45) is 5.63. The maximum absolute atomic E-state index is 13.6. The second-order valence-electron chi connectivity index (χ2n) is 8.66. The fourth-order valence-corrected chi connectivity index (χ4v) is 5.43. The number of benzene rings is 2. The van der Waals surface area contributed by atoms with E-state index in [0.717, 1.165) is 44.1 Å². The molecule has 1 N–H and O–H groups in total. The third-order valence-corrected chi connectivity index (χ3v) is 6.86. The van der Waals surface area contributed by atoms with Crippen LogP contribution in [0.5, 0.6) is 0 Å². The lowest BCUT2D eigenvalue weighted by Crippen LogP contribution is -2.61. The standard InChI is InChI=1S/C26H32N2O3/c1-31-19-18-28-25(30)22-14-6-5-13-21(22)23(26(28)15-7-8-16-26)24(29)27-17-9-12-20-10-3-2-4-11-20/h2-6,10-11,13-14,23H,7-9,12,15-19H2,1H3,(H,27,29). The van der Waals surface area contributed by atoms with Gasteiger partial charge in [0.05, 0.1) is 18.1 Å². The van der Waals surface area contributed by atoms with Gasteiger partial charge in [0.25, 0.3) is 5.91 Å². The fraction of sp³-hybridized carbons (Fsp3) is 0.462. The average molecular weight is 421 g/mol. The van der Waals surface area contributed by atoms with Crippen LogP contribution in [0.4, 0.5) is 0 Å². The van der Waals surface area contributed by atoms with E-state index < -0.39 is 5.54 Å².